The number of thioether (sulfide) groups is 1. The highest BCUT2D eigenvalue weighted by Crippen LogP contribution is 2.32. The zero-order chi connectivity index (χ0) is 27.1. The largest absolute Gasteiger partial charge is 0.462 e. The van der Waals surface area contributed by atoms with Crippen LogP contribution in [0.4, 0.5) is 15.8 Å². The second-order valence-corrected chi connectivity index (χ2v) is 10.0. The molecule has 3 aromatic carbocycles. The molecule has 0 radical (unpaired) electrons. The summed E-state index contributed by atoms with van der Waals surface area (Å²) in [6.45, 7) is 2.38. The lowest BCUT2D eigenvalue weighted by Gasteiger charge is -2.16. The maximum atomic E-state index is 13.3. The topological polar surface area (TPSA) is 88.1 Å². The van der Waals surface area contributed by atoms with E-state index in [1.165, 1.54) is 36.0 Å². The number of hydrogen-bond donors (Lipinski definition) is 1. The van der Waals surface area contributed by atoms with Gasteiger partial charge in [0, 0.05) is 23.7 Å². The molecule has 1 fully saturated rings. The Hall–Kier alpha value is -3.69. The molecule has 1 atom stereocenters. The molecule has 0 aromatic heterocycles. The summed E-state index contributed by atoms with van der Waals surface area (Å²) in [5.41, 5.74) is 2.41. The standard InChI is InChI=1S/C28H25ClFN3O4S/c1-2-37-27(36)19-5-11-23(12-6-19)32-28-33(16-15-18-3-7-20(29)8-4-18)26(35)24(38-28)17-25(34)31-22-13-9-21(30)10-14-22/h3-14,24H,2,15-17H2,1H3,(H,31,34)/t24-/m1/s1. The van der Waals surface area contributed by atoms with E-state index in [-0.39, 0.29) is 24.8 Å². The van der Waals surface area contributed by atoms with Gasteiger partial charge in [0.1, 0.15) is 11.1 Å². The second-order valence-electron chi connectivity index (χ2n) is 8.39. The third-order valence-corrected chi connectivity index (χ3v) is 7.09. The maximum absolute atomic E-state index is 13.3. The lowest BCUT2D eigenvalue weighted by Crippen LogP contribution is -2.35. The van der Waals surface area contributed by atoms with Gasteiger partial charge in [-0.1, -0.05) is 35.5 Å². The molecular formula is C28H25ClFN3O4S. The number of halogens is 2. The number of nitrogens with zero attached hydrogens (tertiary/aromatic N) is 2. The van der Waals surface area contributed by atoms with Crippen molar-refractivity contribution in [3.63, 3.8) is 0 Å². The normalized spacial score (nSPS) is 16.1. The Kier molecular flexibility index (Phi) is 9.15. The molecule has 0 saturated carbocycles. The molecule has 7 nitrogen and oxygen atoms in total. The van der Waals surface area contributed by atoms with Gasteiger partial charge in [-0.25, -0.2) is 14.2 Å². The number of aliphatic imine (C=N–C) groups is 1. The zero-order valence-corrected chi connectivity index (χ0v) is 22.1. The Morgan fingerprint density at radius 3 is 2.39 bits per heavy atom. The van der Waals surface area contributed by atoms with Crippen molar-refractivity contribution in [2.45, 2.75) is 25.0 Å². The van der Waals surface area contributed by atoms with Gasteiger partial charge in [-0.3, -0.25) is 14.5 Å². The molecule has 1 aliphatic heterocycles. The molecule has 1 N–H and O–H groups in total. The molecular weight excluding hydrogens is 529 g/mol. The number of ether oxygens (including phenoxy) is 1. The lowest BCUT2D eigenvalue weighted by atomic mass is 10.1. The summed E-state index contributed by atoms with van der Waals surface area (Å²) in [6.07, 6.45) is 0.498. The molecule has 38 heavy (non-hydrogen) atoms. The van der Waals surface area contributed by atoms with Gasteiger partial charge < -0.3 is 10.1 Å². The Morgan fingerprint density at radius 1 is 1.05 bits per heavy atom. The smallest absolute Gasteiger partial charge is 0.338 e. The van der Waals surface area contributed by atoms with Gasteiger partial charge in [-0.05, 0) is 79.6 Å². The predicted molar refractivity (Wildman–Crippen MR) is 147 cm³/mol. The number of rotatable bonds is 9. The minimum Gasteiger partial charge on any atom is -0.462 e. The summed E-state index contributed by atoms with van der Waals surface area (Å²) >= 11 is 7.20. The van der Waals surface area contributed by atoms with Gasteiger partial charge in [-0.15, -0.1) is 0 Å². The summed E-state index contributed by atoms with van der Waals surface area (Å²) in [4.78, 5) is 44.2. The first kappa shape index (κ1) is 27.3. The molecule has 0 spiro atoms. The van der Waals surface area contributed by atoms with Crippen LogP contribution in [0.3, 0.4) is 0 Å². The summed E-state index contributed by atoms with van der Waals surface area (Å²) < 4.78 is 18.2. The van der Waals surface area contributed by atoms with E-state index >= 15 is 0 Å². The third kappa shape index (κ3) is 7.20. The van der Waals surface area contributed by atoms with Crippen molar-refractivity contribution in [2.24, 2.45) is 4.99 Å². The highest BCUT2D eigenvalue weighted by Gasteiger charge is 2.39. The van der Waals surface area contributed by atoms with Crippen LogP contribution in [0.2, 0.25) is 5.02 Å². The lowest BCUT2D eigenvalue weighted by molar-refractivity contribution is -0.128. The molecule has 4 rings (SSSR count). The Labute approximate surface area is 229 Å². The molecule has 1 aliphatic rings. The van der Waals surface area contributed by atoms with E-state index in [2.05, 4.69) is 10.3 Å². The van der Waals surface area contributed by atoms with Crippen LogP contribution < -0.4 is 5.32 Å². The summed E-state index contributed by atoms with van der Waals surface area (Å²) in [6, 6.07) is 19.4. The van der Waals surface area contributed by atoms with Crippen molar-refractivity contribution in [2.75, 3.05) is 18.5 Å². The Morgan fingerprint density at radius 2 is 1.74 bits per heavy atom. The highest BCUT2D eigenvalue weighted by atomic mass is 35.5. The van der Waals surface area contributed by atoms with Gasteiger partial charge in [-0.2, -0.15) is 0 Å². The fourth-order valence-electron chi connectivity index (χ4n) is 3.73. The summed E-state index contributed by atoms with van der Waals surface area (Å²) in [5, 5.41) is 3.12. The van der Waals surface area contributed by atoms with E-state index in [1.807, 2.05) is 12.1 Å². The zero-order valence-electron chi connectivity index (χ0n) is 20.5. The van der Waals surface area contributed by atoms with E-state index in [1.54, 1.807) is 48.2 Å². The monoisotopic (exact) mass is 553 g/mol. The van der Waals surface area contributed by atoms with Crippen LogP contribution in [-0.4, -0.2) is 46.3 Å². The summed E-state index contributed by atoms with van der Waals surface area (Å²) in [5.74, 6) is -1.41. The SMILES string of the molecule is CCOC(=O)c1ccc(N=C2S[C@H](CC(=O)Nc3ccc(F)cc3)C(=O)N2CCc2ccc(Cl)cc2)cc1. The van der Waals surface area contributed by atoms with E-state index in [9.17, 15) is 18.8 Å². The molecule has 0 unspecified atom stereocenters. The van der Waals surface area contributed by atoms with Crippen LogP contribution in [0.15, 0.2) is 77.8 Å². The number of carbonyl (C=O) groups excluding carboxylic acids is 3. The molecule has 10 heteroatoms. The van der Waals surface area contributed by atoms with Crippen molar-refractivity contribution in [1.29, 1.82) is 0 Å². The number of hydrogen-bond acceptors (Lipinski definition) is 6. The number of esters is 1. The predicted octanol–water partition coefficient (Wildman–Crippen LogP) is 5.86. The number of amides is 2. The van der Waals surface area contributed by atoms with E-state index in [0.717, 1.165) is 5.56 Å². The highest BCUT2D eigenvalue weighted by molar-refractivity contribution is 8.15. The fraction of sp³-hybridized carbons (Fsp3) is 0.214. The molecule has 2 amide bonds. The Balaban J connectivity index is 1.51. The Bertz CT molecular complexity index is 1330. The average Bonchev–Trinajstić information content (AvgIpc) is 3.19. The first-order valence-electron chi connectivity index (χ1n) is 12.0. The second kappa shape index (κ2) is 12.7. The average molecular weight is 554 g/mol. The fourth-order valence-corrected chi connectivity index (χ4v) is 5.04. The number of benzene rings is 3. The molecule has 0 aliphatic carbocycles. The van der Waals surface area contributed by atoms with Crippen LogP contribution in [0.25, 0.3) is 0 Å². The number of amidine groups is 1. The number of carbonyl (C=O) groups is 3. The van der Waals surface area contributed by atoms with E-state index in [4.69, 9.17) is 16.3 Å². The molecule has 3 aromatic rings. The molecule has 1 heterocycles. The van der Waals surface area contributed by atoms with Crippen molar-refractivity contribution in [1.82, 2.24) is 4.90 Å². The van der Waals surface area contributed by atoms with Gasteiger partial charge in [0.2, 0.25) is 11.8 Å². The van der Waals surface area contributed by atoms with Crippen molar-refractivity contribution in [3.05, 3.63) is 94.8 Å². The van der Waals surface area contributed by atoms with Crippen LogP contribution >= 0.6 is 23.4 Å². The first-order chi connectivity index (χ1) is 18.3. The van der Waals surface area contributed by atoms with Gasteiger partial charge >= 0.3 is 5.97 Å². The van der Waals surface area contributed by atoms with E-state index in [0.29, 0.717) is 40.1 Å². The van der Waals surface area contributed by atoms with Crippen molar-refractivity contribution in [3.8, 4) is 0 Å². The van der Waals surface area contributed by atoms with Crippen molar-refractivity contribution >= 4 is 57.7 Å². The maximum Gasteiger partial charge on any atom is 0.338 e. The van der Waals surface area contributed by atoms with Gasteiger partial charge in [0.15, 0.2) is 5.17 Å². The molecule has 0 bridgehead atoms. The number of anilines is 1. The van der Waals surface area contributed by atoms with Gasteiger partial charge in [0.25, 0.3) is 0 Å². The van der Waals surface area contributed by atoms with Crippen LogP contribution in [0.1, 0.15) is 29.3 Å². The quantitative estimate of drug-likeness (QED) is 0.335. The summed E-state index contributed by atoms with van der Waals surface area (Å²) in [7, 11) is 0. The molecule has 196 valence electrons. The first-order valence-corrected chi connectivity index (χ1v) is 13.2. The number of nitrogens with one attached hydrogen (secondary N) is 1. The third-order valence-electron chi connectivity index (χ3n) is 5.66. The van der Waals surface area contributed by atoms with E-state index < -0.39 is 17.0 Å². The van der Waals surface area contributed by atoms with Gasteiger partial charge in [0.05, 0.1) is 17.9 Å². The van der Waals surface area contributed by atoms with Crippen LogP contribution in [0.5, 0.6) is 0 Å². The minimum absolute atomic E-state index is 0.0703. The van der Waals surface area contributed by atoms with Crippen molar-refractivity contribution < 1.29 is 23.5 Å². The van der Waals surface area contributed by atoms with Crippen LogP contribution in [0, 0.1) is 5.82 Å². The van der Waals surface area contributed by atoms with Crippen LogP contribution in [-0.2, 0) is 20.7 Å². The molecule has 1 saturated heterocycles. The minimum atomic E-state index is -0.668.